The first-order valence-corrected chi connectivity index (χ1v) is 5.81. The maximum atomic E-state index is 5.71. The molecule has 0 radical (unpaired) electrons. The molecule has 2 heterocycles. The summed E-state index contributed by atoms with van der Waals surface area (Å²) in [6.07, 6.45) is 3.62. The summed E-state index contributed by atoms with van der Waals surface area (Å²) >= 11 is 0. The Morgan fingerprint density at radius 2 is 1.94 bits per heavy atom. The Morgan fingerprint density at radius 1 is 1.17 bits per heavy atom. The molecule has 4 heteroatoms. The lowest BCUT2D eigenvalue weighted by atomic mass is 10.2. The number of hydrogen-bond donors (Lipinski definition) is 1. The van der Waals surface area contributed by atoms with Crippen molar-refractivity contribution < 1.29 is 4.42 Å². The van der Waals surface area contributed by atoms with Crippen molar-refractivity contribution in [2.75, 3.05) is 7.05 Å². The van der Waals surface area contributed by atoms with Crippen LogP contribution in [-0.2, 0) is 6.54 Å². The Labute approximate surface area is 105 Å². The Balaban J connectivity index is 1.98. The van der Waals surface area contributed by atoms with E-state index in [-0.39, 0.29) is 0 Å². The van der Waals surface area contributed by atoms with Gasteiger partial charge in [0, 0.05) is 29.9 Å². The first-order valence-electron chi connectivity index (χ1n) is 5.81. The third-order valence-electron chi connectivity index (χ3n) is 2.73. The Bertz CT molecular complexity index is 625. The van der Waals surface area contributed by atoms with Gasteiger partial charge in [-0.05, 0) is 19.2 Å². The van der Waals surface area contributed by atoms with Crippen LogP contribution >= 0.6 is 0 Å². The molecule has 3 rings (SSSR count). The molecule has 0 spiro atoms. The van der Waals surface area contributed by atoms with Gasteiger partial charge >= 0.3 is 0 Å². The molecular weight excluding hydrogens is 226 g/mol. The van der Waals surface area contributed by atoms with Gasteiger partial charge in [0.1, 0.15) is 5.58 Å². The van der Waals surface area contributed by atoms with Crippen molar-refractivity contribution in [1.82, 2.24) is 15.3 Å². The number of fused-ring (bicyclic) bond motifs is 1. The van der Waals surface area contributed by atoms with Gasteiger partial charge in [-0.25, -0.2) is 9.97 Å². The fourth-order valence-corrected chi connectivity index (χ4v) is 1.87. The number of hydrogen-bond acceptors (Lipinski definition) is 4. The number of para-hydroxylation sites is 1. The van der Waals surface area contributed by atoms with Gasteiger partial charge in [-0.2, -0.15) is 0 Å². The number of benzene rings is 1. The fourth-order valence-electron chi connectivity index (χ4n) is 1.87. The SMILES string of the molecule is CNCc1cnc(-c2cc3ccccc3o2)nc1. The summed E-state index contributed by atoms with van der Waals surface area (Å²) in [5.41, 5.74) is 1.91. The molecule has 2 aromatic heterocycles. The second-order valence-corrected chi connectivity index (χ2v) is 4.09. The first-order chi connectivity index (χ1) is 8.86. The monoisotopic (exact) mass is 239 g/mol. The second-order valence-electron chi connectivity index (χ2n) is 4.09. The molecule has 0 aliphatic carbocycles. The van der Waals surface area contributed by atoms with Crippen LogP contribution in [0.5, 0.6) is 0 Å². The van der Waals surface area contributed by atoms with E-state index in [0.29, 0.717) is 11.6 Å². The second kappa shape index (κ2) is 4.58. The molecule has 0 aliphatic rings. The number of rotatable bonds is 3. The summed E-state index contributed by atoms with van der Waals surface area (Å²) in [4.78, 5) is 8.64. The third kappa shape index (κ3) is 1.98. The normalized spacial score (nSPS) is 10.9. The summed E-state index contributed by atoms with van der Waals surface area (Å²) in [5, 5.41) is 4.13. The molecule has 0 amide bonds. The van der Waals surface area contributed by atoms with Gasteiger partial charge in [-0.15, -0.1) is 0 Å². The molecule has 18 heavy (non-hydrogen) atoms. The van der Waals surface area contributed by atoms with Crippen molar-refractivity contribution in [2.45, 2.75) is 6.54 Å². The predicted octanol–water partition coefficient (Wildman–Crippen LogP) is 2.61. The predicted molar refractivity (Wildman–Crippen MR) is 70.0 cm³/mol. The quantitative estimate of drug-likeness (QED) is 0.763. The highest BCUT2D eigenvalue weighted by Gasteiger charge is 2.08. The van der Waals surface area contributed by atoms with Gasteiger partial charge in [0.05, 0.1) is 0 Å². The van der Waals surface area contributed by atoms with Crippen LogP contribution in [0.25, 0.3) is 22.6 Å². The van der Waals surface area contributed by atoms with Crippen LogP contribution in [-0.4, -0.2) is 17.0 Å². The largest absolute Gasteiger partial charge is 0.453 e. The molecule has 0 atom stereocenters. The maximum absolute atomic E-state index is 5.71. The lowest BCUT2D eigenvalue weighted by Gasteiger charge is -1.99. The number of nitrogens with one attached hydrogen (secondary N) is 1. The summed E-state index contributed by atoms with van der Waals surface area (Å²) < 4.78 is 5.71. The van der Waals surface area contributed by atoms with Crippen molar-refractivity contribution >= 4 is 11.0 Å². The van der Waals surface area contributed by atoms with E-state index in [0.717, 1.165) is 23.1 Å². The summed E-state index contributed by atoms with van der Waals surface area (Å²) in [5.74, 6) is 1.32. The van der Waals surface area contributed by atoms with Crippen molar-refractivity contribution in [2.24, 2.45) is 0 Å². The average Bonchev–Trinajstić information content (AvgIpc) is 2.84. The van der Waals surface area contributed by atoms with Crippen LogP contribution in [0.1, 0.15) is 5.56 Å². The van der Waals surface area contributed by atoms with E-state index in [9.17, 15) is 0 Å². The zero-order chi connectivity index (χ0) is 12.4. The zero-order valence-electron chi connectivity index (χ0n) is 10.1. The van der Waals surface area contributed by atoms with Crippen molar-refractivity contribution in [1.29, 1.82) is 0 Å². The summed E-state index contributed by atoms with van der Waals surface area (Å²) in [6.45, 7) is 0.764. The summed E-state index contributed by atoms with van der Waals surface area (Å²) in [6, 6.07) is 9.85. The van der Waals surface area contributed by atoms with E-state index < -0.39 is 0 Å². The number of aromatic nitrogens is 2. The average molecular weight is 239 g/mol. The minimum Gasteiger partial charge on any atom is -0.453 e. The van der Waals surface area contributed by atoms with E-state index in [1.165, 1.54) is 0 Å². The Hall–Kier alpha value is -2.20. The third-order valence-corrected chi connectivity index (χ3v) is 2.73. The van der Waals surface area contributed by atoms with Crippen LogP contribution in [0.15, 0.2) is 47.1 Å². The molecule has 0 saturated heterocycles. The van der Waals surface area contributed by atoms with Crippen LogP contribution < -0.4 is 5.32 Å². The van der Waals surface area contributed by atoms with Gasteiger partial charge in [0.25, 0.3) is 0 Å². The number of furan rings is 1. The molecule has 4 nitrogen and oxygen atoms in total. The molecule has 1 N–H and O–H groups in total. The molecule has 0 unspecified atom stereocenters. The van der Waals surface area contributed by atoms with Gasteiger partial charge in [0.15, 0.2) is 11.6 Å². The van der Waals surface area contributed by atoms with Crippen LogP contribution in [0.2, 0.25) is 0 Å². The highest BCUT2D eigenvalue weighted by atomic mass is 16.3. The topological polar surface area (TPSA) is 51.0 Å². The van der Waals surface area contributed by atoms with Gasteiger partial charge in [-0.3, -0.25) is 0 Å². The maximum Gasteiger partial charge on any atom is 0.195 e. The highest BCUT2D eigenvalue weighted by Crippen LogP contribution is 2.24. The minimum atomic E-state index is 0.617. The molecule has 1 aromatic carbocycles. The molecule has 0 bridgehead atoms. The van der Waals surface area contributed by atoms with Crippen LogP contribution in [0, 0.1) is 0 Å². The molecule has 0 fully saturated rings. The van der Waals surface area contributed by atoms with Gasteiger partial charge in [-0.1, -0.05) is 18.2 Å². The van der Waals surface area contributed by atoms with E-state index in [1.54, 1.807) is 0 Å². The lowest BCUT2D eigenvalue weighted by molar-refractivity contribution is 0.624. The molecule has 0 saturated carbocycles. The van der Waals surface area contributed by atoms with Gasteiger partial charge < -0.3 is 9.73 Å². The molecule has 3 aromatic rings. The molecule has 90 valence electrons. The van der Waals surface area contributed by atoms with Crippen molar-refractivity contribution in [3.63, 3.8) is 0 Å². The van der Waals surface area contributed by atoms with Gasteiger partial charge in [0.2, 0.25) is 0 Å². The van der Waals surface area contributed by atoms with E-state index in [2.05, 4.69) is 15.3 Å². The van der Waals surface area contributed by atoms with E-state index >= 15 is 0 Å². The fraction of sp³-hybridized carbons (Fsp3) is 0.143. The number of nitrogens with zero attached hydrogens (tertiary/aromatic N) is 2. The lowest BCUT2D eigenvalue weighted by Crippen LogP contribution is -2.05. The standard InChI is InChI=1S/C14H13N3O/c1-15-7-10-8-16-14(17-9-10)13-6-11-4-2-3-5-12(11)18-13/h2-6,8-9,15H,7H2,1H3. The summed E-state index contributed by atoms with van der Waals surface area (Å²) in [7, 11) is 1.90. The first kappa shape index (κ1) is 10.9. The van der Waals surface area contributed by atoms with E-state index in [4.69, 9.17) is 4.42 Å². The zero-order valence-corrected chi connectivity index (χ0v) is 10.1. The highest BCUT2D eigenvalue weighted by molar-refractivity contribution is 5.81. The smallest absolute Gasteiger partial charge is 0.195 e. The molecule has 0 aliphatic heterocycles. The van der Waals surface area contributed by atoms with Crippen molar-refractivity contribution in [3.8, 4) is 11.6 Å². The minimum absolute atomic E-state index is 0.617. The van der Waals surface area contributed by atoms with Crippen LogP contribution in [0.3, 0.4) is 0 Å². The Morgan fingerprint density at radius 3 is 2.67 bits per heavy atom. The van der Waals surface area contributed by atoms with Crippen molar-refractivity contribution in [3.05, 3.63) is 48.3 Å². The van der Waals surface area contributed by atoms with Crippen LogP contribution in [0.4, 0.5) is 0 Å². The van der Waals surface area contributed by atoms with E-state index in [1.807, 2.05) is 49.8 Å². The Kier molecular flexibility index (Phi) is 2.78. The molecular formula is C14H13N3O.